The van der Waals surface area contributed by atoms with Crippen LogP contribution in [0.3, 0.4) is 0 Å². The lowest BCUT2D eigenvalue weighted by Crippen LogP contribution is -2.23. The minimum absolute atomic E-state index is 0.0930. The van der Waals surface area contributed by atoms with Gasteiger partial charge in [0.25, 0.3) is 0 Å². The van der Waals surface area contributed by atoms with Crippen molar-refractivity contribution < 1.29 is 4.79 Å². The van der Waals surface area contributed by atoms with Crippen molar-refractivity contribution in [2.45, 2.75) is 45.1 Å². The normalized spacial score (nSPS) is 16.3. The maximum absolute atomic E-state index is 10.9. The molecule has 0 aliphatic heterocycles. The summed E-state index contributed by atoms with van der Waals surface area (Å²) in [7, 11) is 0. The van der Waals surface area contributed by atoms with Crippen LogP contribution in [0.1, 0.15) is 39.0 Å². The quantitative estimate of drug-likeness (QED) is 0.836. The van der Waals surface area contributed by atoms with Crippen molar-refractivity contribution in [2.75, 3.05) is 17.2 Å². The molecule has 18 heavy (non-hydrogen) atoms. The van der Waals surface area contributed by atoms with Crippen LogP contribution in [0.25, 0.3) is 0 Å². The average molecular weight is 248 g/mol. The van der Waals surface area contributed by atoms with Gasteiger partial charge in [0.2, 0.25) is 0 Å². The van der Waals surface area contributed by atoms with Crippen LogP contribution in [0.5, 0.6) is 0 Å². The lowest BCUT2D eigenvalue weighted by molar-refractivity contribution is -0.115. The Kier molecular flexibility index (Phi) is 4.50. The van der Waals surface area contributed by atoms with Gasteiger partial charge < -0.3 is 10.6 Å². The molecule has 0 unspecified atom stereocenters. The Labute approximate surface area is 107 Å². The third-order valence-electron chi connectivity index (χ3n) is 3.14. The molecule has 1 aromatic heterocycles. The van der Waals surface area contributed by atoms with Crippen LogP contribution in [0.2, 0.25) is 0 Å². The summed E-state index contributed by atoms with van der Waals surface area (Å²) in [6.07, 6.45) is 7.86. The second kappa shape index (κ2) is 6.33. The summed E-state index contributed by atoms with van der Waals surface area (Å²) in [6.45, 7) is 1.86. The SMILES string of the molecule is CC(=O)CNc1cc(NC2CCCCC2)ncn1. The maximum atomic E-state index is 10.9. The maximum Gasteiger partial charge on any atom is 0.148 e. The zero-order chi connectivity index (χ0) is 12.8. The molecule has 98 valence electrons. The fourth-order valence-corrected chi connectivity index (χ4v) is 2.20. The fourth-order valence-electron chi connectivity index (χ4n) is 2.20. The van der Waals surface area contributed by atoms with Gasteiger partial charge in [-0.2, -0.15) is 0 Å². The molecule has 1 heterocycles. The predicted octanol–water partition coefficient (Wildman–Crippen LogP) is 2.22. The second-order valence-corrected chi connectivity index (χ2v) is 4.82. The Balaban J connectivity index is 1.91. The van der Waals surface area contributed by atoms with Gasteiger partial charge >= 0.3 is 0 Å². The van der Waals surface area contributed by atoms with E-state index in [1.165, 1.54) is 38.4 Å². The van der Waals surface area contributed by atoms with Gasteiger partial charge in [0.05, 0.1) is 6.54 Å². The van der Waals surface area contributed by atoms with E-state index in [-0.39, 0.29) is 5.78 Å². The van der Waals surface area contributed by atoms with Gasteiger partial charge in [-0.15, -0.1) is 0 Å². The summed E-state index contributed by atoms with van der Waals surface area (Å²) in [6, 6.07) is 2.38. The molecule has 0 amide bonds. The zero-order valence-corrected chi connectivity index (χ0v) is 10.8. The van der Waals surface area contributed by atoms with Crippen LogP contribution in [0, 0.1) is 0 Å². The molecule has 1 saturated carbocycles. The molecule has 0 radical (unpaired) electrons. The molecule has 1 aliphatic carbocycles. The Bertz CT molecular complexity index is 402. The van der Waals surface area contributed by atoms with Crippen LogP contribution >= 0.6 is 0 Å². The van der Waals surface area contributed by atoms with Crippen molar-refractivity contribution in [1.29, 1.82) is 0 Å². The Morgan fingerprint density at radius 3 is 2.72 bits per heavy atom. The van der Waals surface area contributed by atoms with Gasteiger partial charge in [0.1, 0.15) is 23.7 Å². The minimum atomic E-state index is 0.0930. The zero-order valence-electron chi connectivity index (χ0n) is 10.8. The molecule has 0 saturated heterocycles. The van der Waals surface area contributed by atoms with Crippen molar-refractivity contribution >= 4 is 17.4 Å². The van der Waals surface area contributed by atoms with Gasteiger partial charge in [-0.1, -0.05) is 19.3 Å². The van der Waals surface area contributed by atoms with Gasteiger partial charge in [-0.25, -0.2) is 9.97 Å². The van der Waals surface area contributed by atoms with E-state index >= 15 is 0 Å². The minimum Gasteiger partial charge on any atom is -0.367 e. The molecule has 0 atom stereocenters. The molecular formula is C13H20N4O. The molecular weight excluding hydrogens is 228 g/mol. The standard InChI is InChI=1S/C13H20N4O/c1-10(18)8-14-12-7-13(16-9-15-12)17-11-5-3-2-4-6-11/h7,9,11H,2-6,8H2,1H3,(H2,14,15,16,17). The van der Waals surface area contributed by atoms with Crippen molar-refractivity contribution in [3.8, 4) is 0 Å². The molecule has 1 aromatic rings. The summed E-state index contributed by atoms with van der Waals surface area (Å²) in [5.41, 5.74) is 0. The van der Waals surface area contributed by atoms with Gasteiger partial charge in [-0.3, -0.25) is 4.79 Å². The number of ketones is 1. The van der Waals surface area contributed by atoms with Crippen LogP contribution in [-0.4, -0.2) is 28.3 Å². The number of Topliss-reactive ketones (excluding diaryl/α,β-unsaturated/α-hetero) is 1. The Morgan fingerprint density at radius 2 is 2.00 bits per heavy atom. The lowest BCUT2D eigenvalue weighted by Gasteiger charge is -2.23. The highest BCUT2D eigenvalue weighted by Crippen LogP contribution is 2.21. The van der Waals surface area contributed by atoms with Crippen LogP contribution < -0.4 is 10.6 Å². The van der Waals surface area contributed by atoms with E-state index in [4.69, 9.17) is 0 Å². The van der Waals surface area contributed by atoms with E-state index in [9.17, 15) is 4.79 Å². The summed E-state index contributed by atoms with van der Waals surface area (Å²) < 4.78 is 0. The smallest absolute Gasteiger partial charge is 0.148 e. The van der Waals surface area contributed by atoms with Crippen LogP contribution in [0.15, 0.2) is 12.4 Å². The molecule has 0 bridgehead atoms. The third-order valence-corrected chi connectivity index (χ3v) is 3.14. The summed E-state index contributed by atoms with van der Waals surface area (Å²) >= 11 is 0. The van der Waals surface area contributed by atoms with Crippen molar-refractivity contribution in [2.24, 2.45) is 0 Å². The van der Waals surface area contributed by atoms with Gasteiger partial charge in [-0.05, 0) is 19.8 Å². The first-order valence-electron chi connectivity index (χ1n) is 6.56. The van der Waals surface area contributed by atoms with Gasteiger partial charge in [0.15, 0.2) is 0 Å². The molecule has 2 rings (SSSR count). The summed E-state index contributed by atoms with van der Waals surface area (Å²) in [4.78, 5) is 19.2. The van der Waals surface area contributed by atoms with E-state index in [2.05, 4.69) is 20.6 Å². The molecule has 5 nitrogen and oxygen atoms in total. The summed E-state index contributed by atoms with van der Waals surface area (Å²) in [5.74, 6) is 1.62. The molecule has 2 N–H and O–H groups in total. The predicted molar refractivity (Wildman–Crippen MR) is 71.7 cm³/mol. The van der Waals surface area contributed by atoms with Gasteiger partial charge in [0, 0.05) is 12.1 Å². The number of aromatic nitrogens is 2. The largest absolute Gasteiger partial charge is 0.367 e. The van der Waals surface area contributed by atoms with E-state index in [0.29, 0.717) is 18.4 Å². The number of carbonyl (C=O) groups excluding carboxylic acids is 1. The number of anilines is 2. The average Bonchev–Trinajstić information content (AvgIpc) is 2.38. The topological polar surface area (TPSA) is 66.9 Å². The molecule has 0 aromatic carbocycles. The van der Waals surface area contributed by atoms with Crippen LogP contribution in [-0.2, 0) is 4.79 Å². The highest BCUT2D eigenvalue weighted by Gasteiger charge is 2.13. The van der Waals surface area contributed by atoms with E-state index < -0.39 is 0 Å². The highest BCUT2D eigenvalue weighted by molar-refractivity contribution is 5.80. The van der Waals surface area contributed by atoms with E-state index in [0.717, 1.165) is 5.82 Å². The van der Waals surface area contributed by atoms with Crippen molar-refractivity contribution in [3.05, 3.63) is 12.4 Å². The van der Waals surface area contributed by atoms with Crippen molar-refractivity contribution in [3.63, 3.8) is 0 Å². The molecule has 5 heteroatoms. The monoisotopic (exact) mass is 248 g/mol. The Hall–Kier alpha value is -1.65. The Morgan fingerprint density at radius 1 is 1.28 bits per heavy atom. The number of carbonyl (C=O) groups is 1. The third kappa shape index (κ3) is 3.98. The van der Waals surface area contributed by atoms with E-state index in [1.807, 2.05) is 6.07 Å². The highest BCUT2D eigenvalue weighted by atomic mass is 16.1. The number of hydrogen-bond donors (Lipinski definition) is 2. The van der Waals surface area contributed by atoms with Crippen molar-refractivity contribution in [1.82, 2.24) is 9.97 Å². The first kappa shape index (κ1) is 12.8. The summed E-state index contributed by atoms with van der Waals surface area (Å²) in [5, 5.41) is 6.41. The fraction of sp³-hybridized carbons (Fsp3) is 0.615. The number of hydrogen-bond acceptors (Lipinski definition) is 5. The molecule has 1 fully saturated rings. The van der Waals surface area contributed by atoms with Crippen LogP contribution in [0.4, 0.5) is 11.6 Å². The number of nitrogens with zero attached hydrogens (tertiary/aromatic N) is 2. The van der Waals surface area contributed by atoms with E-state index in [1.54, 1.807) is 6.92 Å². The lowest BCUT2D eigenvalue weighted by atomic mass is 9.95. The number of nitrogens with one attached hydrogen (secondary N) is 2. The first-order chi connectivity index (χ1) is 8.74. The first-order valence-corrected chi connectivity index (χ1v) is 6.56. The number of rotatable bonds is 5. The molecule has 0 spiro atoms. The second-order valence-electron chi connectivity index (χ2n) is 4.82. The molecule has 1 aliphatic rings.